The van der Waals surface area contributed by atoms with Crippen LogP contribution in [0.5, 0.6) is 11.5 Å². The van der Waals surface area contributed by atoms with Crippen LogP contribution in [0.2, 0.25) is 0 Å². The summed E-state index contributed by atoms with van der Waals surface area (Å²) in [6.07, 6.45) is 0.625. The van der Waals surface area contributed by atoms with Crippen molar-refractivity contribution >= 4 is 28.2 Å². The molecule has 2 rings (SSSR count). The molecular formula is C18H17NO7S. The molecule has 0 aromatic heterocycles. The number of nitrogens with two attached hydrogens (primary N) is 1. The Morgan fingerprint density at radius 3 is 2.07 bits per heavy atom. The van der Waals surface area contributed by atoms with Crippen molar-refractivity contribution in [3.8, 4) is 11.5 Å². The molecule has 8 nitrogen and oxygen atoms in total. The quantitative estimate of drug-likeness (QED) is 0.449. The Labute approximate surface area is 155 Å². The van der Waals surface area contributed by atoms with Gasteiger partial charge in [0, 0.05) is 25.5 Å². The SMILES string of the molecule is CC(=O)Oc1ccc(C(C=O)c2ccc(S(N)(=O)=O)cc2OC(C)=O)cc1. The van der Waals surface area contributed by atoms with Gasteiger partial charge in [0.1, 0.15) is 17.8 Å². The zero-order chi connectivity index (χ0) is 20.2. The standard InChI is InChI=1S/C18H17NO7S/c1-11(21)25-14-5-3-13(4-6-14)17(10-20)16-8-7-15(27(19,23)24)9-18(16)26-12(2)22/h3-10,17H,1-2H3,(H2,19,23,24). The number of primary sulfonamides is 1. The zero-order valence-electron chi connectivity index (χ0n) is 14.5. The summed E-state index contributed by atoms with van der Waals surface area (Å²) in [7, 11) is -4.02. The Morgan fingerprint density at radius 2 is 1.59 bits per heavy atom. The van der Waals surface area contributed by atoms with Gasteiger partial charge in [0.15, 0.2) is 0 Å². The molecular weight excluding hydrogens is 374 g/mol. The summed E-state index contributed by atoms with van der Waals surface area (Å²) in [5.74, 6) is -1.79. The lowest BCUT2D eigenvalue weighted by Gasteiger charge is -2.16. The van der Waals surface area contributed by atoms with Gasteiger partial charge in [0.05, 0.1) is 10.8 Å². The number of esters is 2. The predicted octanol–water partition coefficient (Wildman–Crippen LogP) is 1.52. The number of sulfonamides is 1. The van der Waals surface area contributed by atoms with Crippen molar-refractivity contribution in [1.82, 2.24) is 0 Å². The summed E-state index contributed by atoms with van der Waals surface area (Å²) in [4.78, 5) is 33.8. The second kappa shape index (κ2) is 8.11. The molecule has 2 aromatic rings. The maximum Gasteiger partial charge on any atom is 0.308 e. The first-order valence-corrected chi connectivity index (χ1v) is 9.25. The molecule has 0 saturated carbocycles. The van der Waals surface area contributed by atoms with Crippen LogP contribution in [0, 0.1) is 0 Å². The van der Waals surface area contributed by atoms with Crippen LogP contribution in [0.15, 0.2) is 47.4 Å². The van der Waals surface area contributed by atoms with Crippen molar-refractivity contribution < 1.29 is 32.3 Å². The Hall–Kier alpha value is -3.04. The highest BCUT2D eigenvalue weighted by Gasteiger charge is 2.21. The minimum absolute atomic E-state index is 0.0878. The lowest BCUT2D eigenvalue weighted by Crippen LogP contribution is -2.14. The fourth-order valence-corrected chi connectivity index (χ4v) is 2.96. The number of aldehydes is 1. The molecule has 27 heavy (non-hydrogen) atoms. The molecule has 0 spiro atoms. The average Bonchev–Trinajstić information content (AvgIpc) is 2.56. The van der Waals surface area contributed by atoms with Gasteiger partial charge in [-0.1, -0.05) is 18.2 Å². The molecule has 0 aliphatic rings. The lowest BCUT2D eigenvalue weighted by atomic mass is 9.92. The number of rotatable bonds is 6. The summed E-state index contributed by atoms with van der Waals surface area (Å²) < 4.78 is 33.1. The van der Waals surface area contributed by atoms with Gasteiger partial charge in [-0.15, -0.1) is 0 Å². The van der Waals surface area contributed by atoms with Gasteiger partial charge in [0.2, 0.25) is 10.0 Å². The summed E-state index contributed by atoms with van der Waals surface area (Å²) in [6, 6.07) is 9.84. The molecule has 0 aliphatic carbocycles. The van der Waals surface area contributed by atoms with E-state index in [0.29, 0.717) is 17.6 Å². The average molecular weight is 391 g/mol. The van der Waals surface area contributed by atoms with Crippen LogP contribution in [0.25, 0.3) is 0 Å². The molecule has 2 N–H and O–H groups in total. The van der Waals surface area contributed by atoms with E-state index in [2.05, 4.69) is 0 Å². The van der Waals surface area contributed by atoms with E-state index in [-0.39, 0.29) is 16.2 Å². The van der Waals surface area contributed by atoms with E-state index in [1.807, 2.05) is 0 Å². The van der Waals surface area contributed by atoms with Crippen LogP contribution >= 0.6 is 0 Å². The van der Waals surface area contributed by atoms with E-state index in [0.717, 1.165) is 13.0 Å². The smallest absolute Gasteiger partial charge is 0.308 e. The van der Waals surface area contributed by atoms with Gasteiger partial charge >= 0.3 is 11.9 Å². The lowest BCUT2D eigenvalue weighted by molar-refractivity contribution is -0.132. The zero-order valence-corrected chi connectivity index (χ0v) is 15.4. The summed E-state index contributed by atoms with van der Waals surface area (Å²) in [5.41, 5.74) is 0.811. The fraction of sp³-hybridized carbons (Fsp3) is 0.167. The molecule has 0 radical (unpaired) electrons. The van der Waals surface area contributed by atoms with Crippen LogP contribution in [-0.2, 0) is 24.4 Å². The first-order valence-electron chi connectivity index (χ1n) is 7.70. The Balaban J connectivity index is 2.50. The van der Waals surface area contributed by atoms with Crippen LogP contribution in [0.1, 0.15) is 30.9 Å². The summed E-state index contributed by atoms with van der Waals surface area (Å²) >= 11 is 0. The van der Waals surface area contributed by atoms with Crippen molar-refractivity contribution in [2.24, 2.45) is 5.14 Å². The molecule has 0 saturated heterocycles. The number of carbonyl (C=O) groups excluding carboxylic acids is 3. The molecule has 1 atom stereocenters. The second-order valence-electron chi connectivity index (χ2n) is 5.61. The largest absolute Gasteiger partial charge is 0.427 e. The molecule has 142 valence electrons. The number of hydrogen-bond acceptors (Lipinski definition) is 7. The first-order chi connectivity index (χ1) is 12.6. The van der Waals surface area contributed by atoms with Crippen LogP contribution in [-0.4, -0.2) is 26.6 Å². The van der Waals surface area contributed by atoms with Gasteiger partial charge in [-0.2, -0.15) is 0 Å². The number of ether oxygens (including phenoxy) is 2. The maximum absolute atomic E-state index is 11.7. The third-order valence-corrected chi connectivity index (χ3v) is 4.45. The molecule has 1 unspecified atom stereocenters. The van der Waals surface area contributed by atoms with Crippen LogP contribution in [0.4, 0.5) is 0 Å². The molecule has 0 aliphatic heterocycles. The third kappa shape index (κ3) is 5.22. The fourth-order valence-electron chi connectivity index (χ4n) is 2.43. The molecule has 0 amide bonds. The topological polar surface area (TPSA) is 130 Å². The van der Waals surface area contributed by atoms with Crippen molar-refractivity contribution in [1.29, 1.82) is 0 Å². The van der Waals surface area contributed by atoms with Gasteiger partial charge < -0.3 is 14.3 Å². The van der Waals surface area contributed by atoms with E-state index >= 15 is 0 Å². The van der Waals surface area contributed by atoms with Gasteiger partial charge in [-0.3, -0.25) is 9.59 Å². The van der Waals surface area contributed by atoms with Gasteiger partial charge in [-0.25, -0.2) is 13.6 Å². The minimum Gasteiger partial charge on any atom is -0.427 e. The Bertz CT molecular complexity index is 981. The monoisotopic (exact) mass is 391 g/mol. The van der Waals surface area contributed by atoms with Crippen LogP contribution in [0.3, 0.4) is 0 Å². The summed E-state index contributed by atoms with van der Waals surface area (Å²) in [6.45, 7) is 2.41. The second-order valence-corrected chi connectivity index (χ2v) is 7.18. The Morgan fingerprint density at radius 1 is 1.00 bits per heavy atom. The highest BCUT2D eigenvalue weighted by atomic mass is 32.2. The van der Waals surface area contributed by atoms with E-state index in [9.17, 15) is 22.8 Å². The first kappa shape index (κ1) is 20.3. The normalized spacial score (nSPS) is 12.1. The molecule has 0 heterocycles. The highest BCUT2D eigenvalue weighted by molar-refractivity contribution is 7.89. The molecule has 0 fully saturated rings. The van der Waals surface area contributed by atoms with Gasteiger partial charge in [-0.05, 0) is 23.8 Å². The summed E-state index contributed by atoms with van der Waals surface area (Å²) in [5, 5.41) is 5.10. The van der Waals surface area contributed by atoms with E-state index in [4.69, 9.17) is 14.6 Å². The predicted molar refractivity (Wildman–Crippen MR) is 94.8 cm³/mol. The maximum atomic E-state index is 11.7. The highest BCUT2D eigenvalue weighted by Crippen LogP contribution is 2.33. The van der Waals surface area contributed by atoms with E-state index in [1.165, 1.54) is 31.2 Å². The van der Waals surface area contributed by atoms with E-state index in [1.54, 1.807) is 12.1 Å². The van der Waals surface area contributed by atoms with Crippen molar-refractivity contribution in [2.45, 2.75) is 24.7 Å². The number of carbonyl (C=O) groups is 3. The number of hydrogen-bond donors (Lipinski definition) is 1. The minimum atomic E-state index is -4.02. The van der Waals surface area contributed by atoms with Crippen LogP contribution < -0.4 is 14.6 Å². The molecule has 2 aromatic carbocycles. The van der Waals surface area contributed by atoms with E-state index < -0.39 is 27.9 Å². The number of benzene rings is 2. The van der Waals surface area contributed by atoms with Gasteiger partial charge in [0.25, 0.3) is 0 Å². The van der Waals surface area contributed by atoms with Crippen molar-refractivity contribution in [3.63, 3.8) is 0 Å². The Kier molecular flexibility index (Phi) is 6.09. The third-order valence-electron chi connectivity index (χ3n) is 3.54. The van der Waals surface area contributed by atoms with Crippen molar-refractivity contribution in [3.05, 3.63) is 53.6 Å². The van der Waals surface area contributed by atoms with Crippen molar-refractivity contribution in [2.75, 3.05) is 0 Å². The molecule has 9 heteroatoms. The molecule has 0 bridgehead atoms.